The van der Waals surface area contributed by atoms with E-state index in [2.05, 4.69) is 241 Å². The predicted molar refractivity (Wildman–Crippen MR) is 268 cm³/mol. The highest BCUT2D eigenvalue weighted by molar-refractivity contribution is 7.26. The fourth-order valence-electron chi connectivity index (χ4n) is 9.66. The third kappa shape index (κ3) is 6.07. The van der Waals surface area contributed by atoms with Crippen LogP contribution in [0.5, 0.6) is 0 Å². The average molecular weight is 806 g/mol. The molecule has 0 aliphatic carbocycles. The van der Waals surface area contributed by atoms with Crippen LogP contribution in [0.25, 0.3) is 97.0 Å². The molecule has 0 bridgehead atoms. The van der Waals surface area contributed by atoms with E-state index in [0.717, 1.165) is 22.6 Å². The predicted octanol–water partition coefficient (Wildman–Crippen LogP) is 17.7. The Labute approximate surface area is 365 Å². The lowest BCUT2D eigenvalue weighted by molar-refractivity contribution is 1.30. The van der Waals surface area contributed by atoms with E-state index in [1.807, 2.05) is 11.3 Å². The summed E-state index contributed by atoms with van der Waals surface area (Å²) in [5.74, 6) is 0. The van der Waals surface area contributed by atoms with E-state index in [1.54, 1.807) is 0 Å². The van der Waals surface area contributed by atoms with Crippen molar-refractivity contribution in [3.8, 4) is 44.5 Å². The molecule has 0 aliphatic rings. The van der Waals surface area contributed by atoms with Crippen molar-refractivity contribution in [2.24, 2.45) is 0 Å². The first-order chi connectivity index (χ1) is 30.8. The largest absolute Gasteiger partial charge is 0.310 e. The van der Waals surface area contributed by atoms with E-state index in [0.29, 0.717) is 0 Å². The van der Waals surface area contributed by atoms with Gasteiger partial charge in [-0.3, -0.25) is 0 Å². The molecule has 0 saturated carbocycles. The Bertz CT molecular complexity index is 3630. The number of rotatable bonds is 7. The molecule has 0 aliphatic heterocycles. The maximum atomic E-state index is 2.47. The molecule has 0 spiro atoms. The van der Waals surface area contributed by atoms with Gasteiger partial charge in [0.05, 0.1) is 5.69 Å². The summed E-state index contributed by atoms with van der Waals surface area (Å²) >= 11 is 1.86. The van der Waals surface area contributed by atoms with Gasteiger partial charge in [0.1, 0.15) is 0 Å². The van der Waals surface area contributed by atoms with E-state index in [1.165, 1.54) is 91.4 Å². The molecule has 2 heteroatoms. The second kappa shape index (κ2) is 15.0. The Morgan fingerprint density at radius 2 is 0.806 bits per heavy atom. The summed E-state index contributed by atoms with van der Waals surface area (Å²) in [4.78, 5) is 2.47. The summed E-state index contributed by atoms with van der Waals surface area (Å²) in [6.45, 7) is 0. The molecule has 0 fully saturated rings. The quantitative estimate of drug-likeness (QED) is 0.145. The topological polar surface area (TPSA) is 3.24 Å². The molecule has 62 heavy (non-hydrogen) atoms. The summed E-state index contributed by atoms with van der Waals surface area (Å²) in [6, 6.07) is 86.8. The number of nitrogens with zero attached hydrogens (tertiary/aromatic N) is 1. The molecule has 12 aromatic rings. The molecular formula is C60H39NS. The van der Waals surface area contributed by atoms with Crippen LogP contribution in [0, 0.1) is 0 Å². The minimum Gasteiger partial charge on any atom is -0.310 e. The van der Waals surface area contributed by atoms with Crippen molar-refractivity contribution in [3.63, 3.8) is 0 Å². The van der Waals surface area contributed by atoms with E-state index < -0.39 is 0 Å². The van der Waals surface area contributed by atoms with Gasteiger partial charge in [0, 0.05) is 31.5 Å². The molecule has 290 valence electrons. The molecule has 1 nitrogen and oxygen atoms in total. The molecule has 0 atom stereocenters. The zero-order valence-electron chi connectivity index (χ0n) is 33.9. The van der Waals surface area contributed by atoms with E-state index in [9.17, 15) is 0 Å². The van der Waals surface area contributed by atoms with Gasteiger partial charge in [-0.2, -0.15) is 0 Å². The smallest absolute Gasteiger partial charge is 0.0554 e. The first-order valence-corrected chi connectivity index (χ1v) is 22.1. The molecule has 11 aromatic carbocycles. The van der Waals surface area contributed by atoms with Crippen LogP contribution in [-0.4, -0.2) is 0 Å². The van der Waals surface area contributed by atoms with Gasteiger partial charge in [0.25, 0.3) is 0 Å². The first-order valence-electron chi connectivity index (χ1n) is 21.3. The van der Waals surface area contributed by atoms with Crippen LogP contribution in [0.4, 0.5) is 17.1 Å². The molecular weight excluding hydrogens is 767 g/mol. The lowest BCUT2D eigenvalue weighted by atomic mass is 9.84. The Balaban J connectivity index is 1.09. The van der Waals surface area contributed by atoms with Gasteiger partial charge in [-0.05, 0) is 125 Å². The first kappa shape index (κ1) is 36.1. The summed E-state index contributed by atoms with van der Waals surface area (Å²) < 4.78 is 2.57. The third-order valence-corrected chi connectivity index (χ3v) is 13.6. The standard InChI is InChI=1S/C60H39NS/c1-3-18-41(19-4-1)58-52-29-10-9-28-50(52)51-36-35-44(39-54(51)59(58)42-20-5-2-6-21-42)43-23-13-25-46(37-43)61(55-32-16-34-57-60(55)53-30-11-12-33-56(53)62-57)47-26-14-24-45(38-47)49-31-15-22-40-17-7-8-27-48(40)49/h1-39H. The van der Waals surface area contributed by atoms with Crippen molar-refractivity contribution >= 4 is 80.9 Å². The highest BCUT2D eigenvalue weighted by atomic mass is 32.1. The van der Waals surface area contributed by atoms with Gasteiger partial charge in [0.15, 0.2) is 0 Å². The SMILES string of the molecule is c1ccc(-c2c(-c3ccccc3)c3cc(-c4cccc(N(c5cccc(-c6cccc7ccccc67)c5)c5cccc6sc7ccccc7c56)c4)ccc3c3ccccc23)cc1. The summed E-state index contributed by atoms with van der Waals surface area (Å²) in [7, 11) is 0. The number of thiophene rings is 1. The Kier molecular flexibility index (Phi) is 8.76. The van der Waals surface area contributed by atoms with Crippen LogP contribution < -0.4 is 4.90 Å². The van der Waals surface area contributed by atoms with Crippen LogP contribution in [0.1, 0.15) is 0 Å². The Morgan fingerprint density at radius 3 is 1.58 bits per heavy atom. The highest BCUT2D eigenvalue weighted by Crippen LogP contribution is 2.48. The monoisotopic (exact) mass is 805 g/mol. The number of hydrogen-bond acceptors (Lipinski definition) is 2. The summed E-state index contributed by atoms with van der Waals surface area (Å²) in [5, 5.41) is 10.1. The van der Waals surface area contributed by atoms with Crippen molar-refractivity contribution in [1.29, 1.82) is 0 Å². The lowest BCUT2D eigenvalue weighted by Crippen LogP contribution is -2.10. The lowest BCUT2D eigenvalue weighted by Gasteiger charge is -2.27. The second-order valence-corrected chi connectivity index (χ2v) is 17.1. The summed E-state index contributed by atoms with van der Waals surface area (Å²) in [6.07, 6.45) is 0. The fourth-order valence-corrected chi connectivity index (χ4v) is 10.8. The van der Waals surface area contributed by atoms with Crippen molar-refractivity contribution < 1.29 is 0 Å². The molecule has 1 aromatic heterocycles. The number of fused-ring (bicyclic) bond motifs is 7. The van der Waals surface area contributed by atoms with Crippen LogP contribution in [-0.2, 0) is 0 Å². The minimum atomic E-state index is 1.10. The molecule has 0 saturated heterocycles. The number of anilines is 3. The van der Waals surface area contributed by atoms with Crippen molar-refractivity contribution in [2.45, 2.75) is 0 Å². The number of hydrogen-bond donors (Lipinski definition) is 0. The van der Waals surface area contributed by atoms with Gasteiger partial charge >= 0.3 is 0 Å². The zero-order chi connectivity index (χ0) is 41.0. The van der Waals surface area contributed by atoms with E-state index >= 15 is 0 Å². The average Bonchev–Trinajstić information content (AvgIpc) is 3.74. The van der Waals surface area contributed by atoms with Crippen LogP contribution in [0.3, 0.4) is 0 Å². The van der Waals surface area contributed by atoms with Crippen LogP contribution in [0.2, 0.25) is 0 Å². The molecule has 0 amide bonds. The van der Waals surface area contributed by atoms with Gasteiger partial charge in [0.2, 0.25) is 0 Å². The number of benzene rings is 11. The van der Waals surface area contributed by atoms with Gasteiger partial charge in [-0.1, -0.05) is 188 Å². The van der Waals surface area contributed by atoms with E-state index in [4.69, 9.17) is 0 Å². The Hall–Kier alpha value is -7.78. The van der Waals surface area contributed by atoms with Crippen molar-refractivity contribution in [3.05, 3.63) is 237 Å². The molecule has 0 N–H and O–H groups in total. The fraction of sp³-hybridized carbons (Fsp3) is 0. The molecule has 0 unspecified atom stereocenters. The van der Waals surface area contributed by atoms with Gasteiger partial charge in [-0.15, -0.1) is 11.3 Å². The third-order valence-electron chi connectivity index (χ3n) is 12.4. The van der Waals surface area contributed by atoms with Crippen molar-refractivity contribution in [1.82, 2.24) is 0 Å². The summed E-state index contributed by atoms with van der Waals surface area (Å²) in [5.41, 5.74) is 13.1. The zero-order valence-corrected chi connectivity index (χ0v) is 34.7. The van der Waals surface area contributed by atoms with Crippen molar-refractivity contribution in [2.75, 3.05) is 4.90 Å². The molecule has 12 rings (SSSR count). The van der Waals surface area contributed by atoms with E-state index in [-0.39, 0.29) is 0 Å². The van der Waals surface area contributed by atoms with Gasteiger partial charge < -0.3 is 4.90 Å². The van der Waals surface area contributed by atoms with Crippen LogP contribution >= 0.6 is 11.3 Å². The maximum absolute atomic E-state index is 2.47. The maximum Gasteiger partial charge on any atom is 0.0554 e. The minimum absolute atomic E-state index is 1.10. The second-order valence-electron chi connectivity index (χ2n) is 16.0. The Morgan fingerprint density at radius 1 is 0.290 bits per heavy atom. The normalized spacial score (nSPS) is 11.5. The highest BCUT2D eigenvalue weighted by Gasteiger charge is 2.21. The molecule has 0 radical (unpaired) electrons. The van der Waals surface area contributed by atoms with Gasteiger partial charge in [-0.25, -0.2) is 0 Å². The van der Waals surface area contributed by atoms with Crippen LogP contribution in [0.15, 0.2) is 237 Å². The molecule has 1 heterocycles.